The average molecular weight is 416 g/mol. The molecule has 2 aromatic rings. The highest BCUT2D eigenvalue weighted by atomic mass is 28.4. The van der Waals surface area contributed by atoms with Crippen molar-refractivity contribution in [1.82, 2.24) is 10.3 Å². The lowest BCUT2D eigenvalue weighted by Gasteiger charge is -2.39. The van der Waals surface area contributed by atoms with E-state index in [-0.39, 0.29) is 34.6 Å². The molecule has 3 rings (SSSR count). The minimum absolute atomic E-state index is 0.0562. The van der Waals surface area contributed by atoms with Crippen molar-refractivity contribution >= 4 is 19.9 Å². The van der Waals surface area contributed by atoms with E-state index in [0.29, 0.717) is 11.3 Å². The monoisotopic (exact) mass is 415 g/mol. The maximum atomic E-state index is 14.9. The maximum Gasteiger partial charge on any atom is 0.274 e. The summed E-state index contributed by atoms with van der Waals surface area (Å²) in [6.45, 7) is 11.8. The predicted octanol–water partition coefficient (Wildman–Crippen LogP) is 4.90. The van der Waals surface area contributed by atoms with Gasteiger partial charge in [-0.2, -0.15) is 0 Å². The predicted molar refractivity (Wildman–Crippen MR) is 116 cm³/mol. The first-order valence-corrected chi connectivity index (χ1v) is 12.9. The second-order valence-electron chi connectivity index (χ2n) is 9.04. The fourth-order valence-corrected chi connectivity index (χ4v) is 4.59. The van der Waals surface area contributed by atoms with Crippen molar-refractivity contribution < 1.29 is 13.6 Å². The third-order valence-electron chi connectivity index (χ3n) is 5.91. The molecule has 0 radical (unpaired) electrons. The van der Waals surface area contributed by atoms with Crippen molar-refractivity contribution in [2.45, 2.75) is 57.5 Å². The standard InChI is InChI=1S/C22H30FN3O2Si/c1-22(2,3)29(4,5)28-19-11-13-25-20(19)16-10-9-15(14-17(16)23)26-21(27)18-8-6-7-12-24-18/h6-10,12,14,19-20,25H,11,13H2,1-5H3,(H,26,27). The lowest BCUT2D eigenvalue weighted by Crippen LogP contribution is -2.45. The molecule has 2 unspecified atom stereocenters. The van der Waals surface area contributed by atoms with Crippen LogP contribution in [0.1, 0.15) is 49.3 Å². The summed E-state index contributed by atoms with van der Waals surface area (Å²) in [7, 11) is -1.96. The minimum atomic E-state index is -1.96. The largest absolute Gasteiger partial charge is 0.412 e. The molecule has 0 saturated carbocycles. The average Bonchev–Trinajstić information content (AvgIpc) is 3.09. The quantitative estimate of drug-likeness (QED) is 0.682. The highest BCUT2D eigenvalue weighted by Crippen LogP contribution is 2.40. The third kappa shape index (κ3) is 4.91. The summed E-state index contributed by atoms with van der Waals surface area (Å²) >= 11 is 0. The number of pyridine rings is 1. The summed E-state index contributed by atoms with van der Waals surface area (Å²) < 4.78 is 21.5. The molecule has 1 aromatic carbocycles. The van der Waals surface area contributed by atoms with E-state index in [4.69, 9.17) is 4.43 Å². The zero-order valence-corrected chi connectivity index (χ0v) is 18.8. The molecule has 156 valence electrons. The summed E-state index contributed by atoms with van der Waals surface area (Å²) in [6, 6.07) is 9.72. The van der Waals surface area contributed by atoms with Crippen molar-refractivity contribution in [2.24, 2.45) is 0 Å². The Bertz CT molecular complexity index is 868. The molecule has 0 spiro atoms. The molecule has 1 aliphatic rings. The van der Waals surface area contributed by atoms with Gasteiger partial charge in [0.2, 0.25) is 0 Å². The summed E-state index contributed by atoms with van der Waals surface area (Å²) in [5, 5.41) is 6.18. The van der Waals surface area contributed by atoms with Gasteiger partial charge in [0.05, 0.1) is 12.1 Å². The van der Waals surface area contributed by atoms with Gasteiger partial charge in [0.15, 0.2) is 8.32 Å². The van der Waals surface area contributed by atoms with Gasteiger partial charge in [0.1, 0.15) is 11.5 Å². The number of anilines is 1. The van der Waals surface area contributed by atoms with Crippen LogP contribution in [0.2, 0.25) is 18.1 Å². The highest BCUT2D eigenvalue weighted by Gasteiger charge is 2.42. The van der Waals surface area contributed by atoms with Crippen molar-refractivity contribution in [3.8, 4) is 0 Å². The van der Waals surface area contributed by atoms with Crippen LogP contribution in [0, 0.1) is 5.82 Å². The van der Waals surface area contributed by atoms with Crippen LogP contribution >= 0.6 is 0 Å². The molecule has 5 nitrogen and oxygen atoms in total. The molecule has 0 aliphatic carbocycles. The first-order valence-electron chi connectivity index (χ1n) is 10.0. The molecule has 0 bridgehead atoms. The Morgan fingerprint density at radius 1 is 1.28 bits per heavy atom. The van der Waals surface area contributed by atoms with E-state index in [1.165, 1.54) is 6.07 Å². The van der Waals surface area contributed by atoms with Crippen molar-refractivity contribution in [3.63, 3.8) is 0 Å². The summed E-state index contributed by atoms with van der Waals surface area (Å²) in [4.78, 5) is 16.3. The summed E-state index contributed by atoms with van der Waals surface area (Å²) in [6.07, 6.45) is 2.35. The molecule has 1 saturated heterocycles. The zero-order valence-electron chi connectivity index (χ0n) is 17.8. The second kappa shape index (κ2) is 8.34. The van der Waals surface area contributed by atoms with Gasteiger partial charge in [-0.1, -0.05) is 32.9 Å². The van der Waals surface area contributed by atoms with Gasteiger partial charge in [0.25, 0.3) is 5.91 Å². The molecule has 7 heteroatoms. The van der Waals surface area contributed by atoms with Gasteiger partial charge in [-0.05, 0) is 55.4 Å². The number of aromatic nitrogens is 1. The number of halogens is 1. The molecule has 2 atom stereocenters. The molecule has 29 heavy (non-hydrogen) atoms. The number of rotatable bonds is 5. The topological polar surface area (TPSA) is 63.2 Å². The summed E-state index contributed by atoms with van der Waals surface area (Å²) in [5.41, 5.74) is 1.26. The molecule has 1 amide bonds. The van der Waals surface area contributed by atoms with Crippen LogP contribution in [0.25, 0.3) is 0 Å². The SMILES string of the molecule is CC(C)(C)[Si](C)(C)OC1CCNC1c1ccc(NC(=O)c2ccccn2)cc1F. The Kier molecular flexibility index (Phi) is 6.21. The summed E-state index contributed by atoms with van der Waals surface area (Å²) in [5.74, 6) is -0.720. The Morgan fingerprint density at radius 3 is 2.66 bits per heavy atom. The Labute approximate surface area is 173 Å². The number of amides is 1. The number of benzene rings is 1. The number of hydrogen-bond acceptors (Lipinski definition) is 4. The number of nitrogens with one attached hydrogen (secondary N) is 2. The Balaban J connectivity index is 1.75. The molecule has 1 aromatic heterocycles. The first-order chi connectivity index (χ1) is 13.6. The number of carbonyl (C=O) groups is 1. The zero-order chi connectivity index (χ0) is 21.2. The van der Waals surface area contributed by atoms with Crippen LogP contribution in [0.4, 0.5) is 10.1 Å². The van der Waals surface area contributed by atoms with E-state index in [9.17, 15) is 9.18 Å². The fraction of sp³-hybridized carbons (Fsp3) is 0.455. The Hall–Kier alpha value is -2.09. The van der Waals surface area contributed by atoms with E-state index >= 15 is 0 Å². The van der Waals surface area contributed by atoms with Gasteiger partial charge < -0.3 is 15.1 Å². The van der Waals surface area contributed by atoms with E-state index in [1.54, 1.807) is 36.5 Å². The van der Waals surface area contributed by atoms with E-state index in [2.05, 4.69) is 49.5 Å². The molecule has 1 aliphatic heterocycles. The minimum Gasteiger partial charge on any atom is -0.412 e. The lowest BCUT2D eigenvalue weighted by atomic mass is 10.0. The molecular weight excluding hydrogens is 385 g/mol. The first kappa shape index (κ1) is 21.6. The van der Waals surface area contributed by atoms with Crippen molar-refractivity contribution in [1.29, 1.82) is 0 Å². The molecule has 1 fully saturated rings. The number of hydrogen-bond donors (Lipinski definition) is 2. The van der Waals surface area contributed by atoms with Crippen LogP contribution in [0.5, 0.6) is 0 Å². The molecule has 2 heterocycles. The fourth-order valence-electron chi connectivity index (χ4n) is 3.22. The Morgan fingerprint density at radius 2 is 2.03 bits per heavy atom. The van der Waals surface area contributed by atoms with Crippen LogP contribution in [-0.4, -0.2) is 31.9 Å². The maximum absolute atomic E-state index is 14.9. The van der Waals surface area contributed by atoms with Crippen LogP contribution < -0.4 is 10.6 Å². The lowest BCUT2D eigenvalue weighted by molar-refractivity contribution is 0.102. The number of carbonyl (C=O) groups excluding carboxylic acids is 1. The van der Waals surface area contributed by atoms with E-state index in [1.807, 2.05) is 0 Å². The van der Waals surface area contributed by atoms with E-state index < -0.39 is 8.32 Å². The van der Waals surface area contributed by atoms with Crippen molar-refractivity contribution in [2.75, 3.05) is 11.9 Å². The van der Waals surface area contributed by atoms with Gasteiger partial charge in [0, 0.05) is 17.4 Å². The number of nitrogens with zero attached hydrogens (tertiary/aromatic N) is 1. The van der Waals surface area contributed by atoms with Crippen LogP contribution in [0.3, 0.4) is 0 Å². The van der Waals surface area contributed by atoms with Crippen LogP contribution in [0.15, 0.2) is 42.6 Å². The van der Waals surface area contributed by atoms with Crippen molar-refractivity contribution in [3.05, 3.63) is 59.7 Å². The van der Waals surface area contributed by atoms with Gasteiger partial charge in [-0.25, -0.2) is 4.39 Å². The highest BCUT2D eigenvalue weighted by molar-refractivity contribution is 6.74. The van der Waals surface area contributed by atoms with Gasteiger partial charge in [-0.15, -0.1) is 0 Å². The van der Waals surface area contributed by atoms with E-state index in [0.717, 1.165) is 13.0 Å². The second-order valence-corrected chi connectivity index (χ2v) is 13.8. The third-order valence-corrected chi connectivity index (χ3v) is 10.4. The van der Waals surface area contributed by atoms with Gasteiger partial charge in [-0.3, -0.25) is 9.78 Å². The molecule has 2 N–H and O–H groups in total. The van der Waals surface area contributed by atoms with Crippen LogP contribution in [-0.2, 0) is 4.43 Å². The smallest absolute Gasteiger partial charge is 0.274 e. The molecular formula is C22H30FN3O2Si. The van der Waals surface area contributed by atoms with Gasteiger partial charge >= 0.3 is 0 Å². The normalized spacial score (nSPS) is 19.9.